The molecular weight excluding hydrogens is 214 g/mol. The summed E-state index contributed by atoms with van der Waals surface area (Å²) in [7, 11) is 0. The van der Waals surface area contributed by atoms with Crippen LogP contribution >= 0.6 is 0 Å². The minimum absolute atomic E-state index is 0.215. The summed E-state index contributed by atoms with van der Waals surface area (Å²) in [6, 6.07) is 6.83. The van der Waals surface area contributed by atoms with Crippen molar-refractivity contribution >= 4 is 0 Å². The van der Waals surface area contributed by atoms with Crippen LogP contribution in [-0.4, -0.2) is 21.9 Å². The highest BCUT2D eigenvalue weighted by molar-refractivity contribution is 5.26. The van der Waals surface area contributed by atoms with Gasteiger partial charge in [-0.2, -0.15) is 0 Å². The zero-order chi connectivity index (χ0) is 12.3. The normalized spacial score (nSPS) is 21.1. The molecule has 0 aromatic heterocycles. The molecule has 0 bridgehead atoms. The number of phenolic OH excluding ortho intramolecular Hbond substituents is 1. The summed E-state index contributed by atoms with van der Waals surface area (Å²) in [6.07, 6.45) is 5.63. The van der Waals surface area contributed by atoms with Crippen LogP contribution in [0.4, 0.5) is 0 Å². The quantitative estimate of drug-likeness (QED) is 0.750. The fraction of sp³-hybridized carbons (Fsp3) is 0.571. The maximum absolute atomic E-state index is 10.5. The Kier molecular flexibility index (Phi) is 3.69. The molecule has 3 heteroatoms. The number of rotatable bonds is 3. The van der Waals surface area contributed by atoms with Crippen LogP contribution in [0, 0.1) is 0 Å². The van der Waals surface area contributed by atoms with E-state index in [4.69, 9.17) is 5.73 Å². The third-order valence-corrected chi connectivity index (χ3v) is 3.80. The zero-order valence-corrected chi connectivity index (χ0v) is 10.1. The molecule has 0 saturated heterocycles. The van der Waals surface area contributed by atoms with Crippen LogP contribution in [0.15, 0.2) is 24.3 Å². The first kappa shape index (κ1) is 12.4. The number of phenols is 1. The predicted octanol–water partition coefficient (Wildman–Crippen LogP) is 1.96. The number of hydrogen-bond acceptors (Lipinski definition) is 3. The molecule has 0 spiro atoms. The standard InChI is InChI=1S/C14H21NO2/c15-13(14(17)8-2-1-3-9-14)10-11-4-6-12(16)7-5-11/h4-7,13,16-17H,1-3,8-10,15H2. The second kappa shape index (κ2) is 5.07. The molecule has 1 unspecified atom stereocenters. The van der Waals surface area contributed by atoms with Gasteiger partial charge in [0.05, 0.1) is 5.60 Å². The van der Waals surface area contributed by atoms with E-state index in [2.05, 4.69) is 0 Å². The molecule has 1 atom stereocenters. The van der Waals surface area contributed by atoms with E-state index in [0.717, 1.165) is 31.2 Å². The maximum atomic E-state index is 10.5. The summed E-state index contributed by atoms with van der Waals surface area (Å²) in [4.78, 5) is 0. The van der Waals surface area contributed by atoms with Crippen LogP contribution < -0.4 is 5.73 Å². The molecule has 1 aromatic carbocycles. The summed E-state index contributed by atoms with van der Waals surface area (Å²) in [5.41, 5.74) is 6.51. The van der Waals surface area contributed by atoms with E-state index in [-0.39, 0.29) is 11.8 Å². The fourth-order valence-corrected chi connectivity index (χ4v) is 2.61. The molecule has 1 aliphatic rings. The molecule has 94 valence electrons. The van der Waals surface area contributed by atoms with E-state index < -0.39 is 5.60 Å². The largest absolute Gasteiger partial charge is 0.508 e. The Bertz CT molecular complexity index is 355. The first-order valence-corrected chi connectivity index (χ1v) is 6.36. The molecule has 0 radical (unpaired) electrons. The highest BCUT2D eigenvalue weighted by Gasteiger charge is 2.35. The van der Waals surface area contributed by atoms with Crippen molar-refractivity contribution in [1.82, 2.24) is 0 Å². The van der Waals surface area contributed by atoms with Gasteiger partial charge in [0.2, 0.25) is 0 Å². The first-order valence-electron chi connectivity index (χ1n) is 6.36. The second-order valence-electron chi connectivity index (χ2n) is 5.14. The van der Waals surface area contributed by atoms with Gasteiger partial charge in [-0.3, -0.25) is 0 Å². The Morgan fingerprint density at radius 1 is 1.12 bits per heavy atom. The Morgan fingerprint density at radius 3 is 2.29 bits per heavy atom. The first-order chi connectivity index (χ1) is 8.10. The highest BCUT2D eigenvalue weighted by atomic mass is 16.3. The lowest BCUT2D eigenvalue weighted by Gasteiger charge is -2.37. The Labute approximate surface area is 102 Å². The van der Waals surface area contributed by atoms with Crippen LogP contribution in [0.2, 0.25) is 0 Å². The minimum atomic E-state index is -0.698. The summed E-state index contributed by atoms with van der Waals surface area (Å²) >= 11 is 0. The Hall–Kier alpha value is -1.06. The van der Waals surface area contributed by atoms with Crippen molar-refractivity contribution < 1.29 is 10.2 Å². The lowest BCUT2D eigenvalue weighted by Crippen LogP contribution is -2.50. The summed E-state index contributed by atoms with van der Waals surface area (Å²) in [5.74, 6) is 0.263. The molecule has 1 saturated carbocycles. The number of aromatic hydroxyl groups is 1. The van der Waals surface area contributed by atoms with Crippen molar-refractivity contribution in [3.8, 4) is 5.75 Å². The SMILES string of the molecule is NC(Cc1ccc(O)cc1)C1(O)CCCCC1. The minimum Gasteiger partial charge on any atom is -0.508 e. The molecule has 17 heavy (non-hydrogen) atoms. The number of aliphatic hydroxyl groups is 1. The van der Waals surface area contributed by atoms with E-state index in [1.165, 1.54) is 6.42 Å². The van der Waals surface area contributed by atoms with Crippen molar-refractivity contribution in [2.75, 3.05) is 0 Å². The van der Waals surface area contributed by atoms with Gasteiger partial charge in [-0.05, 0) is 37.0 Å². The number of nitrogens with two attached hydrogens (primary N) is 1. The Morgan fingerprint density at radius 2 is 1.71 bits per heavy atom. The van der Waals surface area contributed by atoms with E-state index in [9.17, 15) is 10.2 Å². The van der Waals surface area contributed by atoms with Crippen LogP contribution in [-0.2, 0) is 6.42 Å². The molecule has 1 aliphatic carbocycles. The molecule has 0 aliphatic heterocycles. The maximum Gasteiger partial charge on any atom is 0.115 e. The van der Waals surface area contributed by atoms with E-state index in [1.54, 1.807) is 12.1 Å². The van der Waals surface area contributed by atoms with Crippen LogP contribution in [0.1, 0.15) is 37.7 Å². The fourth-order valence-electron chi connectivity index (χ4n) is 2.61. The van der Waals surface area contributed by atoms with Gasteiger partial charge in [-0.1, -0.05) is 31.4 Å². The lowest BCUT2D eigenvalue weighted by molar-refractivity contribution is -0.0192. The second-order valence-corrected chi connectivity index (χ2v) is 5.14. The van der Waals surface area contributed by atoms with Gasteiger partial charge >= 0.3 is 0 Å². The van der Waals surface area contributed by atoms with Gasteiger partial charge in [0.25, 0.3) is 0 Å². The Balaban J connectivity index is 2.00. The van der Waals surface area contributed by atoms with Crippen LogP contribution in [0.5, 0.6) is 5.75 Å². The molecule has 0 heterocycles. The third-order valence-electron chi connectivity index (χ3n) is 3.80. The van der Waals surface area contributed by atoms with E-state index >= 15 is 0 Å². The van der Waals surface area contributed by atoms with E-state index in [0.29, 0.717) is 6.42 Å². The zero-order valence-electron chi connectivity index (χ0n) is 10.1. The average Bonchev–Trinajstić information content (AvgIpc) is 2.33. The molecular formula is C14H21NO2. The van der Waals surface area contributed by atoms with Crippen LogP contribution in [0.3, 0.4) is 0 Å². The number of benzene rings is 1. The molecule has 3 nitrogen and oxygen atoms in total. The third kappa shape index (κ3) is 2.99. The summed E-state index contributed by atoms with van der Waals surface area (Å²) in [6.45, 7) is 0. The molecule has 0 amide bonds. The van der Waals surface area contributed by atoms with Gasteiger partial charge in [-0.25, -0.2) is 0 Å². The smallest absolute Gasteiger partial charge is 0.115 e. The monoisotopic (exact) mass is 235 g/mol. The van der Waals surface area contributed by atoms with Gasteiger partial charge in [0, 0.05) is 6.04 Å². The van der Waals surface area contributed by atoms with Crippen molar-refractivity contribution in [2.24, 2.45) is 5.73 Å². The van der Waals surface area contributed by atoms with Gasteiger partial charge in [-0.15, -0.1) is 0 Å². The van der Waals surface area contributed by atoms with Crippen LogP contribution in [0.25, 0.3) is 0 Å². The number of hydrogen-bond donors (Lipinski definition) is 3. The molecule has 4 N–H and O–H groups in total. The van der Waals surface area contributed by atoms with Crippen molar-refractivity contribution in [1.29, 1.82) is 0 Å². The average molecular weight is 235 g/mol. The predicted molar refractivity (Wildman–Crippen MR) is 67.8 cm³/mol. The molecule has 2 rings (SSSR count). The van der Waals surface area contributed by atoms with Gasteiger partial charge < -0.3 is 15.9 Å². The topological polar surface area (TPSA) is 66.5 Å². The van der Waals surface area contributed by atoms with Crippen molar-refractivity contribution in [3.63, 3.8) is 0 Å². The summed E-state index contributed by atoms with van der Waals surface area (Å²) < 4.78 is 0. The van der Waals surface area contributed by atoms with E-state index in [1.807, 2.05) is 12.1 Å². The summed E-state index contributed by atoms with van der Waals surface area (Å²) in [5, 5.41) is 19.7. The molecule has 1 aromatic rings. The lowest BCUT2D eigenvalue weighted by atomic mass is 9.78. The van der Waals surface area contributed by atoms with Gasteiger partial charge in [0.1, 0.15) is 5.75 Å². The van der Waals surface area contributed by atoms with Crippen molar-refractivity contribution in [2.45, 2.75) is 50.2 Å². The highest BCUT2D eigenvalue weighted by Crippen LogP contribution is 2.31. The molecule has 1 fully saturated rings. The van der Waals surface area contributed by atoms with Crippen molar-refractivity contribution in [3.05, 3.63) is 29.8 Å². The van der Waals surface area contributed by atoms with Gasteiger partial charge in [0.15, 0.2) is 0 Å².